The van der Waals surface area contributed by atoms with Crippen LogP contribution in [-0.2, 0) is 0 Å². The van der Waals surface area contributed by atoms with E-state index in [4.69, 9.17) is 21.1 Å². The Morgan fingerprint density at radius 3 is 2.58 bits per heavy atom. The van der Waals surface area contributed by atoms with E-state index in [2.05, 4.69) is 39.7 Å². The zero-order valence-electron chi connectivity index (χ0n) is 14.3. The molecular weight excluding hydrogens is 330 g/mol. The highest BCUT2D eigenvalue weighted by molar-refractivity contribution is 6.32. The minimum atomic E-state index is 0.354. The fourth-order valence-corrected chi connectivity index (χ4v) is 2.24. The van der Waals surface area contributed by atoms with Crippen LogP contribution in [0.25, 0.3) is 0 Å². The second-order valence-corrected chi connectivity index (χ2v) is 5.99. The highest BCUT2D eigenvalue weighted by Gasteiger charge is 2.11. The molecule has 7 nitrogen and oxygen atoms in total. The van der Waals surface area contributed by atoms with Crippen LogP contribution < -0.4 is 20.1 Å². The molecule has 0 saturated carbocycles. The molecule has 2 aromatic rings. The molecule has 0 bridgehead atoms. The Morgan fingerprint density at radius 2 is 1.92 bits per heavy atom. The van der Waals surface area contributed by atoms with E-state index in [1.807, 2.05) is 0 Å². The first-order valence-electron chi connectivity index (χ1n) is 7.65. The number of rotatable bonds is 8. The summed E-state index contributed by atoms with van der Waals surface area (Å²) in [4.78, 5) is 4.39. The largest absolute Gasteiger partial charge is 0.495 e. The molecule has 0 unspecified atom stereocenters. The first-order valence-corrected chi connectivity index (χ1v) is 8.03. The summed E-state index contributed by atoms with van der Waals surface area (Å²) in [5, 5.41) is 14.7. The standard InChI is InChI=1S/C16H22ClN5O2/c1-10(2)5-6-18-15-9-19-22-16(21-15)20-12-8-13(23-3)11(17)7-14(12)24-4/h7-10H,5-6H2,1-4H3,(H2,18,20,21,22). The molecule has 1 heterocycles. The molecule has 0 aliphatic carbocycles. The number of benzene rings is 1. The van der Waals surface area contributed by atoms with Gasteiger partial charge in [0.2, 0.25) is 5.95 Å². The number of halogens is 1. The number of anilines is 3. The summed E-state index contributed by atoms with van der Waals surface area (Å²) in [6.07, 6.45) is 2.64. The SMILES string of the molecule is COc1cc(Nc2nncc(NCCC(C)C)n2)c(OC)cc1Cl. The van der Waals surface area contributed by atoms with Crippen molar-refractivity contribution in [3.05, 3.63) is 23.4 Å². The van der Waals surface area contributed by atoms with E-state index in [0.717, 1.165) is 13.0 Å². The maximum absolute atomic E-state index is 6.10. The summed E-state index contributed by atoms with van der Waals surface area (Å²) >= 11 is 6.10. The van der Waals surface area contributed by atoms with E-state index in [-0.39, 0.29) is 0 Å². The molecule has 0 aliphatic heterocycles. The average molecular weight is 352 g/mol. The number of ether oxygens (including phenoxy) is 2. The summed E-state index contributed by atoms with van der Waals surface area (Å²) in [5.74, 6) is 2.72. The predicted octanol–water partition coefficient (Wildman–Crippen LogP) is 3.74. The van der Waals surface area contributed by atoms with E-state index >= 15 is 0 Å². The quantitative estimate of drug-likeness (QED) is 0.749. The Kier molecular flexibility index (Phi) is 6.43. The van der Waals surface area contributed by atoms with Gasteiger partial charge in [-0.05, 0) is 12.3 Å². The normalized spacial score (nSPS) is 10.6. The zero-order chi connectivity index (χ0) is 17.5. The maximum Gasteiger partial charge on any atom is 0.249 e. The number of methoxy groups -OCH3 is 2. The Balaban J connectivity index is 2.16. The van der Waals surface area contributed by atoms with Crippen molar-refractivity contribution in [3.63, 3.8) is 0 Å². The highest BCUT2D eigenvalue weighted by Crippen LogP contribution is 2.36. The van der Waals surface area contributed by atoms with Crippen molar-refractivity contribution in [2.45, 2.75) is 20.3 Å². The number of aromatic nitrogens is 3. The van der Waals surface area contributed by atoms with Gasteiger partial charge in [-0.2, -0.15) is 10.1 Å². The molecule has 2 rings (SSSR count). The van der Waals surface area contributed by atoms with Crippen molar-refractivity contribution < 1.29 is 9.47 Å². The van der Waals surface area contributed by atoms with Crippen LogP contribution in [0.2, 0.25) is 5.02 Å². The van der Waals surface area contributed by atoms with Gasteiger partial charge in [0, 0.05) is 18.7 Å². The van der Waals surface area contributed by atoms with E-state index in [1.54, 1.807) is 32.5 Å². The summed E-state index contributed by atoms with van der Waals surface area (Å²) < 4.78 is 10.6. The Morgan fingerprint density at radius 1 is 1.17 bits per heavy atom. The Labute approximate surface area is 146 Å². The Bertz CT molecular complexity index is 682. The molecule has 0 radical (unpaired) electrons. The van der Waals surface area contributed by atoms with Crippen LogP contribution in [0.5, 0.6) is 11.5 Å². The van der Waals surface area contributed by atoms with E-state index in [1.165, 1.54) is 0 Å². The lowest BCUT2D eigenvalue weighted by molar-refractivity contribution is 0.405. The van der Waals surface area contributed by atoms with Crippen LogP contribution >= 0.6 is 11.6 Å². The molecule has 0 spiro atoms. The van der Waals surface area contributed by atoms with Crippen molar-refractivity contribution in [1.29, 1.82) is 0 Å². The predicted molar refractivity (Wildman–Crippen MR) is 95.6 cm³/mol. The van der Waals surface area contributed by atoms with Gasteiger partial charge in [-0.3, -0.25) is 0 Å². The van der Waals surface area contributed by atoms with Crippen molar-refractivity contribution in [2.75, 3.05) is 31.4 Å². The third-order valence-corrected chi connectivity index (χ3v) is 3.60. The van der Waals surface area contributed by atoms with Gasteiger partial charge in [-0.25, -0.2) is 0 Å². The minimum Gasteiger partial charge on any atom is -0.495 e. The van der Waals surface area contributed by atoms with Crippen molar-refractivity contribution in [1.82, 2.24) is 15.2 Å². The molecule has 0 atom stereocenters. The molecule has 8 heteroatoms. The van der Waals surface area contributed by atoms with Gasteiger partial charge in [0.15, 0.2) is 5.82 Å². The molecule has 0 fully saturated rings. The molecule has 1 aromatic heterocycles. The van der Waals surface area contributed by atoms with Crippen molar-refractivity contribution in [2.24, 2.45) is 5.92 Å². The van der Waals surface area contributed by atoms with Crippen LogP contribution in [0.1, 0.15) is 20.3 Å². The van der Waals surface area contributed by atoms with Gasteiger partial charge in [-0.15, -0.1) is 5.10 Å². The topological polar surface area (TPSA) is 81.2 Å². The number of hydrogen-bond donors (Lipinski definition) is 2. The van der Waals surface area contributed by atoms with Gasteiger partial charge >= 0.3 is 0 Å². The van der Waals surface area contributed by atoms with Crippen LogP contribution in [0, 0.1) is 5.92 Å². The molecule has 130 valence electrons. The molecule has 0 saturated heterocycles. The zero-order valence-corrected chi connectivity index (χ0v) is 15.0. The second kappa shape index (κ2) is 8.54. The molecule has 24 heavy (non-hydrogen) atoms. The lowest BCUT2D eigenvalue weighted by Crippen LogP contribution is -2.08. The first kappa shape index (κ1) is 18.1. The lowest BCUT2D eigenvalue weighted by atomic mass is 10.1. The number of nitrogens with one attached hydrogen (secondary N) is 2. The fourth-order valence-electron chi connectivity index (χ4n) is 2.01. The van der Waals surface area contributed by atoms with Gasteiger partial charge in [0.25, 0.3) is 0 Å². The fraction of sp³-hybridized carbons (Fsp3) is 0.438. The lowest BCUT2D eigenvalue weighted by Gasteiger charge is -2.13. The Hall–Kier alpha value is -2.28. The summed E-state index contributed by atoms with van der Waals surface area (Å²) in [5.41, 5.74) is 0.639. The molecule has 0 aliphatic rings. The van der Waals surface area contributed by atoms with E-state index < -0.39 is 0 Å². The molecule has 1 aromatic carbocycles. The molecular formula is C16H22ClN5O2. The van der Waals surface area contributed by atoms with Crippen LogP contribution in [0.3, 0.4) is 0 Å². The van der Waals surface area contributed by atoms with E-state index in [9.17, 15) is 0 Å². The summed E-state index contributed by atoms with van der Waals surface area (Å²) in [6, 6.07) is 3.39. The van der Waals surface area contributed by atoms with Crippen LogP contribution in [0.15, 0.2) is 18.3 Å². The minimum absolute atomic E-state index is 0.354. The van der Waals surface area contributed by atoms with E-state index in [0.29, 0.717) is 39.9 Å². The van der Waals surface area contributed by atoms with Crippen LogP contribution in [0.4, 0.5) is 17.5 Å². The second-order valence-electron chi connectivity index (χ2n) is 5.59. The first-order chi connectivity index (χ1) is 11.5. The van der Waals surface area contributed by atoms with Crippen molar-refractivity contribution in [3.8, 4) is 11.5 Å². The van der Waals surface area contributed by atoms with Gasteiger partial charge < -0.3 is 20.1 Å². The molecule has 2 N–H and O–H groups in total. The van der Waals surface area contributed by atoms with Crippen LogP contribution in [-0.4, -0.2) is 35.9 Å². The smallest absolute Gasteiger partial charge is 0.249 e. The average Bonchev–Trinajstić information content (AvgIpc) is 2.56. The molecule has 0 amide bonds. The van der Waals surface area contributed by atoms with Gasteiger partial charge in [0.05, 0.1) is 31.1 Å². The summed E-state index contributed by atoms with van der Waals surface area (Å²) in [7, 11) is 3.11. The number of nitrogens with zero attached hydrogens (tertiary/aromatic N) is 3. The third kappa shape index (κ3) is 4.86. The summed E-state index contributed by atoms with van der Waals surface area (Å²) in [6.45, 7) is 5.17. The van der Waals surface area contributed by atoms with Gasteiger partial charge in [-0.1, -0.05) is 25.4 Å². The third-order valence-electron chi connectivity index (χ3n) is 3.31. The maximum atomic E-state index is 6.10. The van der Waals surface area contributed by atoms with Crippen molar-refractivity contribution >= 4 is 29.1 Å². The monoisotopic (exact) mass is 351 g/mol. The number of hydrogen-bond acceptors (Lipinski definition) is 7. The highest BCUT2D eigenvalue weighted by atomic mass is 35.5. The van der Waals surface area contributed by atoms with Gasteiger partial charge in [0.1, 0.15) is 11.5 Å².